The number of aliphatic hydroxyl groups is 1. The fourth-order valence-electron chi connectivity index (χ4n) is 4.07. The highest BCUT2D eigenvalue weighted by Gasteiger charge is 2.37. The molecule has 2 fully saturated rings. The molecule has 2 N–H and O–H groups in total. The average Bonchev–Trinajstić information content (AvgIpc) is 2.68. The molecule has 2 aliphatic carbocycles. The first-order valence-corrected chi connectivity index (χ1v) is 9.93. The minimum absolute atomic E-state index is 0.148. The Morgan fingerprint density at radius 3 is 2.64 bits per heavy atom. The van der Waals surface area contributed by atoms with E-state index >= 15 is 0 Å². The van der Waals surface area contributed by atoms with Crippen LogP contribution < -0.4 is 5.32 Å². The van der Waals surface area contributed by atoms with Gasteiger partial charge in [0.15, 0.2) is 5.82 Å². The number of halogens is 1. The van der Waals surface area contributed by atoms with Gasteiger partial charge in [0.25, 0.3) is 0 Å². The van der Waals surface area contributed by atoms with Gasteiger partial charge in [-0.25, -0.2) is 14.4 Å². The van der Waals surface area contributed by atoms with Crippen molar-refractivity contribution in [3.05, 3.63) is 36.0 Å². The van der Waals surface area contributed by atoms with Gasteiger partial charge in [-0.15, -0.1) is 0 Å². The number of anilines is 1. The first-order chi connectivity index (χ1) is 13.4. The second-order valence-corrected chi connectivity index (χ2v) is 8.01. The van der Waals surface area contributed by atoms with Crippen LogP contribution in [0.1, 0.15) is 57.6 Å². The minimum Gasteiger partial charge on any atom is -0.384 e. The van der Waals surface area contributed by atoms with Crippen LogP contribution in [0.25, 0.3) is 11.3 Å². The number of pyridine rings is 1. The number of carbonyl (C=O) groups is 1. The van der Waals surface area contributed by atoms with Gasteiger partial charge in [0.05, 0.1) is 11.9 Å². The van der Waals surface area contributed by atoms with E-state index in [4.69, 9.17) is 0 Å². The van der Waals surface area contributed by atoms with Gasteiger partial charge >= 0.3 is 0 Å². The summed E-state index contributed by atoms with van der Waals surface area (Å²) in [5.74, 6) is 0.266. The molecule has 2 aromatic heterocycles. The second kappa shape index (κ2) is 7.54. The topological polar surface area (TPSA) is 88.0 Å². The minimum atomic E-state index is -0.907. The first-order valence-electron chi connectivity index (χ1n) is 9.93. The summed E-state index contributed by atoms with van der Waals surface area (Å²) in [4.78, 5) is 24.2. The number of nitrogens with one attached hydrogen (secondary N) is 1. The van der Waals surface area contributed by atoms with Crippen molar-refractivity contribution in [2.45, 2.75) is 63.5 Å². The molecule has 0 spiro atoms. The molecule has 2 aromatic rings. The SMILES string of the molecule is CC(=O)C1CCC(Nc2ncc(F)c(-c3ccnc(C4(O)CCC4)c3)n2)CC1. The lowest BCUT2D eigenvalue weighted by molar-refractivity contribution is -0.121. The average molecular weight is 384 g/mol. The number of hydrogen-bond donors (Lipinski definition) is 2. The number of aromatic nitrogens is 3. The van der Waals surface area contributed by atoms with Crippen LogP contribution in [0, 0.1) is 11.7 Å². The zero-order chi connectivity index (χ0) is 19.7. The molecule has 6 nitrogen and oxygen atoms in total. The summed E-state index contributed by atoms with van der Waals surface area (Å²) in [7, 11) is 0. The van der Waals surface area contributed by atoms with E-state index in [0.717, 1.165) is 32.1 Å². The quantitative estimate of drug-likeness (QED) is 0.819. The van der Waals surface area contributed by atoms with Crippen molar-refractivity contribution in [2.75, 3.05) is 5.32 Å². The summed E-state index contributed by atoms with van der Waals surface area (Å²) in [6.45, 7) is 1.65. The Kier molecular flexibility index (Phi) is 5.10. The highest BCUT2D eigenvalue weighted by Crippen LogP contribution is 2.41. The van der Waals surface area contributed by atoms with Crippen LogP contribution >= 0.6 is 0 Å². The van der Waals surface area contributed by atoms with Crippen LogP contribution in [0.5, 0.6) is 0 Å². The van der Waals surface area contributed by atoms with Crippen LogP contribution in [0.15, 0.2) is 24.5 Å². The van der Waals surface area contributed by atoms with E-state index in [9.17, 15) is 14.3 Å². The van der Waals surface area contributed by atoms with E-state index < -0.39 is 11.4 Å². The molecule has 0 amide bonds. The van der Waals surface area contributed by atoms with Crippen molar-refractivity contribution in [1.82, 2.24) is 15.0 Å². The Morgan fingerprint density at radius 1 is 1.25 bits per heavy atom. The number of Topliss-reactive ketones (excluding diaryl/α,β-unsaturated/α-hetero) is 1. The molecule has 0 unspecified atom stereocenters. The fraction of sp³-hybridized carbons (Fsp3) is 0.524. The zero-order valence-corrected chi connectivity index (χ0v) is 16.0. The maximum absolute atomic E-state index is 14.4. The monoisotopic (exact) mass is 384 g/mol. The molecule has 2 aliphatic rings. The van der Waals surface area contributed by atoms with Crippen molar-refractivity contribution in [3.8, 4) is 11.3 Å². The number of ketones is 1. The normalized spacial score (nSPS) is 23.7. The number of hydrogen-bond acceptors (Lipinski definition) is 6. The van der Waals surface area contributed by atoms with Crippen LogP contribution in [-0.2, 0) is 10.4 Å². The summed E-state index contributed by atoms with van der Waals surface area (Å²) in [6.07, 6.45) is 8.50. The van der Waals surface area contributed by atoms with E-state index in [-0.39, 0.29) is 23.4 Å². The predicted molar refractivity (Wildman–Crippen MR) is 103 cm³/mol. The molecule has 0 saturated heterocycles. The molecule has 2 heterocycles. The summed E-state index contributed by atoms with van der Waals surface area (Å²) in [6, 6.07) is 3.59. The van der Waals surface area contributed by atoms with E-state index in [1.807, 2.05) is 0 Å². The molecule has 0 aliphatic heterocycles. The summed E-state index contributed by atoms with van der Waals surface area (Å²) in [5.41, 5.74) is 0.428. The van der Waals surface area contributed by atoms with E-state index in [1.54, 1.807) is 25.3 Å². The molecule has 0 bridgehead atoms. The highest BCUT2D eigenvalue weighted by atomic mass is 19.1. The molecular formula is C21H25FN4O2. The van der Waals surface area contributed by atoms with Crippen molar-refractivity contribution < 1.29 is 14.3 Å². The molecule has 4 rings (SSSR count). The fourth-order valence-corrected chi connectivity index (χ4v) is 4.07. The predicted octanol–water partition coefficient (Wildman–Crippen LogP) is 3.61. The summed E-state index contributed by atoms with van der Waals surface area (Å²) < 4.78 is 14.4. The van der Waals surface area contributed by atoms with Gasteiger partial charge in [0, 0.05) is 23.7 Å². The number of rotatable bonds is 5. The zero-order valence-electron chi connectivity index (χ0n) is 16.0. The lowest BCUT2D eigenvalue weighted by atomic mass is 9.77. The molecular weight excluding hydrogens is 359 g/mol. The van der Waals surface area contributed by atoms with Gasteiger partial charge < -0.3 is 10.4 Å². The molecule has 0 radical (unpaired) electrons. The third-order valence-corrected chi connectivity index (χ3v) is 6.07. The van der Waals surface area contributed by atoms with Crippen molar-refractivity contribution in [3.63, 3.8) is 0 Å². The number of carbonyl (C=O) groups excluding carboxylic acids is 1. The molecule has 148 valence electrons. The lowest BCUT2D eigenvalue weighted by Crippen LogP contribution is -2.34. The largest absolute Gasteiger partial charge is 0.384 e. The molecule has 2 saturated carbocycles. The van der Waals surface area contributed by atoms with Crippen molar-refractivity contribution in [1.29, 1.82) is 0 Å². The Morgan fingerprint density at radius 2 is 2.00 bits per heavy atom. The third kappa shape index (κ3) is 3.76. The van der Waals surface area contributed by atoms with Gasteiger partial charge in [-0.2, -0.15) is 0 Å². The van der Waals surface area contributed by atoms with Crippen molar-refractivity contribution >= 4 is 11.7 Å². The van der Waals surface area contributed by atoms with Gasteiger partial charge in [-0.3, -0.25) is 9.78 Å². The van der Waals surface area contributed by atoms with Crippen LogP contribution in [0.3, 0.4) is 0 Å². The Balaban J connectivity index is 1.52. The van der Waals surface area contributed by atoms with Gasteiger partial charge in [0.2, 0.25) is 5.95 Å². The Hall–Kier alpha value is -2.41. The molecule has 7 heteroatoms. The summed E-state index contributed by atoms with van der Waals surface area (Å²) >= 11 is 0. The highest BCUT2D eigenvalue weighted by molar-refractivity contribution is 5.78. The van der Waals surface area contributed by atoms with Crippen LogP contribution in [0.4, 0.5) is 10.3 Å². The van der Waals surface area contributed by atoms with Crippen LogP contribution in [0.2, 0.25) is 0 Å². The van der Waals surface area contributed by atoms with Gasteiger partial charge in [-0.1, -0.05) is 0 Å². The third-order valence-electron chi connectivity index (χ3n) is 6.07. The second-order valence-electron chi connectivity index (χ2n) is 8.01. The maximum atomic E-state index is 14.4. The van der Waals surface area contributed by atoms with E-state index in [0.29, 0.717) is 30.0 Å². The van der Waals surface area contributed by atoms with Crippen molar-refractivity contribution in [2.24, 2.45) is 5.92 Å². The molecule has 0 atom stereocenters. The van der Waals surface area contributed by atoms with E-state index in [2.05, 4.69) is 20.3 Å². The standard InChI is InChI=1S/C21H25FN4O2/c1-13(27)14-3-5-16(6-4-14)25-20-24-12-17(22)19(26-20)15-7-10-23-18(11-15)21(28)8-2-9-21/h7,10-12,14,16,28H,2-6,8-9H2,1H3,(H,24,25,26). The first kappa shape index (κ1) is 18.9. The Bertz CT molecular complexity index is 876. The number of nitrogens with zero attached hydrogens (tertiary/aromatic N) is 3. The molecule has 28 heavy (non-hydrogen) atoms. The smallest absolute Gasteiger partial charge is 0.223 e. The molecule has 0 aromatic carbocycles. The lowest BCUT2D eigenvalue weighted by Gasteiger charge is -2.36. The maximum Gasteiger partial charge on any atom is 0.223 e. The van der Waals surface area contributed by atoms with Gasteiger partial charge in [-0.05, 0) is 64.0 Å². The summed E-state index contributed by atoms with van der Waals surface area (Å²) in [5, 5.41) is 13.8. The van der Waals surface area contributed by atoms with Gasteiger partial charge in [0.1, 0.15) is 17.1 Å². The van der Waals surface area contributed by atoms with Crippen LogP contribution in [-0.4, -0.2) is 31.9 Å². The van der Waals surface area contributed by atoms with E-state index in [1.165, 1.54) is 6.20 Å². The Labute approximate surface area is 163 Å².